The second kappa shape index (κ2) is 9.99. The number of phenolic OH excluding ortho intramolecular Hbond substituents is 2. The maximum absolute atomic E-state index is 11.4. The number of anilines is 2. The summed E-state index contributed by atoms with van der Waals surface area (Å²) in [6, 6.07) is 22.0. The highest BCUT2D eigenvalue weighted by Gasteiger charge is 2.21. The van der Waals surface area contributed by atoms with Crippen LogP contribution < -0.4 is 10.2 Å². The third-order valence-electron chi connectivity index (χ3n) is 6.47. The Morgan fingerprint density at radius 3 is 2.31 bits per heavy atom. The van der Waals surface area contributed by atoms with E-state index in [9.17, 15) is 15.1 Å². The summed E-state index contributed by atoms with van der Waals surface area (Å²) in [6.45, 7) is 5.28. The first kappa shape index (κ1) is 22.6. The number of phenols is 2. The van der Waals surface area contributed by atoms with Gasteiger partial charge in [0.1, 0.15) is 11.2 Å². The molecule has 3 aromatic carbocycles. The van der Waals surface area contributed by atoms with Crippen molar-refractivity contribution in [3.63, 3.8) is 0 Å². The number of fused-ring (bicyclic) bond motifs is 1. The van der Waals surface area contributed by atoms with E-state index >= 15 is 0 Å². The number of aromatic hydroxyl groups is 2. The molecule has 8 nitrogen and oxygen atoms in total. The molecule has 0 bridgehead atoms. The van der Waals surface area contributed by atoms with E-state index in [1.165, 1.54) is 17.4 Å². The van der Waals surface area contributed by atoms with Crippen LogP contribution in [-0.4, -0.2) is 46.3 Å². The Morgan fingerprint density at radius 2 is 1.60 bits per heavy atom. The molecule has 0 aliphatic carbocycles. The fourth-order valence-corrected chi connectivity index (χ4v) is 4.54. The Kier molecular flexibility index (Phi) is 6.45. The molecule has 4 aromatic rings. The molecule has 0 amide bonds. The van der Waals surface area contributed by atoms with Crippen molar-refractivity contribution in [2.24, 2.45) is 5.18 Å². The van der Waals surface area contributed by atoms with Crippen molar-refractivity contribution in [1.29, 1.82) is 0 Å². The van der Waals surface area contributed by atoms with Crippen LogP contribution >= 0.6 is 0 Å². The van der Waals surface area contributed by atoms with Crippen LogP contribution in [0.5, 0.6) is 11.5 Å². The molecular weight excluding hydrogens is 442 g/mol. The lowest BCUT2D eigenvalue weighted by atomic mass is 10.1. The molecule has 178 valence electrons. The van der Waals surface area contributed by atoms with Crippen LogP contribution in [0.4, 0.5) is 17.1 Å². The van der Waals surface area contributed by atoms with Crippen LogP contribution in [-0.2, 0) is 13.1 Å². The number of hydrogen-bond donors (Lipinski definition) is 3. The Balaban J connectivity index is 1.23. The predicted octanol–water partition coefficient (Wildman–Crippen LogP) is 4.98. The van der Waals surface area contributed by atoms with Crippen molar-refractivity contribution < 1.29 is 10.2 Å². The molecule has 35 heavy (non-hydrogen) atoms. The van der Waals surface area contributed by atoms with Crippen LogP contribution in [0.1, 0.15) is 11.1 Å². The SMILES string of the molecule is O=Nc1c(NCc2ccc(N3CCN(Cc4ccccc4)CC3)cc2)c(O)c2ncccc2c1O. The second-order valence-corrected chi connectivity index (χ2v) is 8.68. The monoisotopic (exact) mass is 469 g/mol. The van der Waals surface area contributed by atoms with Crippen molar-refractivity contribution >= 4 is 28.0 Å². The molecule has 0 unspecified atom stereocenters. The number of nitroso groups, excluding NO2 is 1. The van der Waals surface area contributed by atoms with Gasteiger partial charge >= 0.3 is 0 Å². The Bertz CT molecular complexity index is 1320. The molecule has 1 aromatic heterocycles. The standard InChI is InChI=1S/C27H27N5O3/c33-26-22-7-4-12-28-23(22)27(34)24(25(26)30-35)29-17-19-8-10-21(11-9-19)32-15-13-31(14-16-32)18-20-5-2-1-3-6-20/h1-12,29,33-34H,13-18H2. The first-order chi connectivity index (χ1) is 17.1. The lowest BCUT2D eigenvalue weighted by Gasteiger charge is -2.36. The highest BCUT2D eigenvalue weighted by atomic mass is 16.3. The number of hydrogen-bond acceptors (Lipinski definition) is 8. The third kappa shape index (κ3) is 4.74. The lowest BCUT2D eigenvalue weighted by molar-refractivity contribution is 0.250. The van der Waals surface area contributed by atoms with E-state index in [4.69, 9.17) is 0 Å². The van der Waals surface area contributed by atoms with Gasteiger partial charge in [-0.05, 0) is 40.6 Å². The zero-order chi connectivity index (χ0) is 24.2. The van der Waals surface area contributed by atoms with E-state index in [1.54, 1.807) is 12.1 Å². The van der Waals surface area contributed by atoms with Gasteiger partial charge in [-0.15, -0.1) is 4.91 Å². The predicted molar refractivity (Wildman–Crippen MR) is 138 cm³/mol. The molecule has 0 saturated carbocycles. The van der Waals surface area contributed by atoms with Crippen LogP contribution in [0.15, 0.2) is 78.1 Å². The maximum atomic E-state index is 11.4. The molecule has 1 aliphatic heterocycles. The first-order valence-electron chi connectivity index (χ1n) is 11.6. The summed E-state index contributed by atoms with van der Waals surface area (Å²) in [5.41, 5.74) is 3.52. The van der Waals surface area contributed by atoms with E-state index in [1.807, 2.05) is 18.2 Å². The summed E-state index contributed by atoms with van der Waals surface area (Å²) in [5, 5.41) is 27.3. The van der Waals surface area contributed by atoms with Crippen molar-refractivity contribution in [3.8, 4) is 11.5 Å². The Morgan fingerprint density at radius 1 is 0.857 bits per heavy atom. The Hall–Kier alpha value is -4.17. The van der Waals surface area contributed by atoms with Gasteiger partial charge < -0.3 is 20.4 Å². The average molecular weight is 470 g/mol. The number of nitrogens with zero attached hydrogens (tertiary/aromatic N) is 4. The van der Waals surface area contributed by atoms with Gasteiger partial charge in [0.25, 0.3) is 0 Å². The van der Waals surface area contributed by atoms with Crippen molar-refractivity contribution in [3.05, 3.63) is 89.0 Å². The van der Waals surface area contributed by atoms with Gasteiger partial charge in [0.05, 0.1) is 0 Å². The van der Waals surface area contributed by atoms with Crippen LogP contribution in [0.25, 0.3) is 10.9 Å². The summed E-state index contributed by atoms with van der Waals surface area (Å²) < 4.78 is 0. The smallest absolute Gasteiger partial charge is 0.177 e. The summed E-state index contributed by atoms with van der Waals surface area (Å²) in [4.78, 5) is 20.4. The zero-order valence-corrected chi connectivity index (χ0v) is 19.3. The first-order valence-corrected chi connectivity index (χ1v) is 11.6. The molecule has 0 spiro atoms. The fourth-order valence-electron chi connectivity index (χ4n) is 4.54. The lowest BCUT2D eigenvalue weighted by Crippen LogP contribution is -2.45. The minimum atomic E-state index is -0.301. The normalized spacial score (nSPS) is 14.2. The summed E-state index contributed by atoms with van der Waals surface area (Å²) in [5.74, 6) is -0.511. The minimum absolute atomic E-state index is 0.0716. The van der Waals surface area contributed by atoms with Crippen LogP contribution in [0.3, 0.4) is 0 Å². The molecule has 2 heterocycles. The number of pyridine rings is 1. The van der Waals surface area contributed by atoms with E-state index < -0.39 is 0 Å². The second-order valence-electron chi connectivity index (χ2n) is 8.68. The molecule has 5 rings (SSSR count). The van der Waals surface area contributed by atoms with Crippen LogP contribution in [0.2, 0.25) is 0 Å². The van der Waals surface area contributed by atoms with Crippen LogP contribution in [0, 0.1) is 4.91 Å². The molecule has 1 aliphatic rings. The number of benzene rings is 3. The van der Waals surface area contributed by atoms with Gasteiger partial charge in [-0.1, -0.05) is 42.5 Å². The molecule has 0 radical (unpaired) electrons. The minimum Gasteiger partial charge on any atom is -0.505 e. The number of nitrogens with one attached hydrogen (secondary N) is 1. The van der Waals surface area contributed by atoms with E-state index in [0.29, 0.717) is 6.54 Å². The highest BCUT2D eigenvalue weighted by Crippen LogP contribution is 2.47. The summed E-state index contributed by atoms with van der Waals surface area (Å²) in [7, 11) is 0. The maximum Gasteiger partial charge on any atom is 0.177 e. The van der Waals surface area contributed by atoms with Crippen molar-refractivity contribution in [2.75, 3.05) is 36.4 Å². The largest absolute Gasteiger partial charge is 0.505 e. The molecule has 8 heteroatoms. The quantitative estimate of drug-likeness (QED) is 0.199. The molecule has 0 atom stereocenters. The number of aromatic nitrogens is 1. The van der Waals surface area contributed by atoms with Gasteiger partial charge in [0.2, 0.25) is 0 Å². The van der Waals surface area contributed by atoms with E-state index in [0.717, 1.165) is 38.3 Å². The average Bonchev–Trinajstić information content (AvgIpc) is 2.91. The van der Waals surface area contributed by atoms with Gasteiger partial charge in [-0.3, -0.25) is 9.88 Å². The van der Waals surface area contributed by atoms with Crippen molar-refractivity contribution in [2.45, 2.75) is 13.1 Å². The van der Waals surface area contributed by atoms with Gasteiger partial charge in [0.15, 0.2) is 17.2 Å². The molecule has 1 saturated heterocycles. The number of rotatable bonds is 7. The Labute approximate surface area is 203 Å². The summed E-state index contributed by atoms with van der Waals surface area (Å²) in [6.07, 6.45) is 1.51. The van der Waals surface area contributed by atoms with Gasteiger partial charge in [0, 0.05) is 56.5 Å². The van der Waals surface area contributed by atoms with Gasteiger partial charge in [-0.2, -0.15) is 0 Å². The van der Waals surface area contributed by atoms with Gasteiger partial charge in [-0.25, -0.2) is 0 Å². The number of piperazine rings is 1. The molecular formula is C27H27N5O3. The third-order valence-corrected chi connectivity index (χ3v) is 6.47. The van der Waals surface area contributed by atoms with E-state index in [-0.39, 0.29) is 33.8 Å². The van der Waals surface area contributed by atoms with E-state index in [2.05, 4.69) is 61.7 Å². The summed E-state index contributed by atoms with van der Waals surface area (Å²) >= 11 is 0. The topological polar surface area (TPSA) is 101 Å². The molecule has 3 N–H and O–H groups in total. The van der Waals surface area contributed by atoms with Crippen molar-refractivity contribution in [1.82, 2.24) is 9.88 Å². The fraction of sp³-hybridized carbons (Fsp3) is 0.222. The highest BCUT2D eigenvalue weighted by molar-refractivity contribution is 6.01. The zero-order valence-electron chi connectivity index (χ0n) is 19.3. The molecule has 1 fully saturated rings.